The van der Waals surface area contributed by atoms with Gasteiger partial charge in [0.2, 0.25) is 0 Å². The second-order valence-corrected chi connectivity index (χ2v) is 32.8. The monoisotopic (exact) mass is 1560 g/mol. The van der Waals surface area contributed by atoms with Crippen LogP contribution in [0.4, 0.5) is 0 Å². The molecule has 0 radical (unpaired) electrons. The van der Waals surface area contributed by atoms with E-state index in [1.807, 2.05) is 0 Å². The smallest absolute Gasteiger partial charge is 0.0625 e. The predicted octanol–water partition coefficient (Wildman–Crippen LogP) is 31.7. The first-order valence-corrected chi connectivity index (χ1v) is 42.3. The van der Waals surface area contributed by atoms with Crippen molar-refractivity contribution in [1.29, 1.82) is 0 Å². The molecule has 27 aromatic rings. The number of aromatic nitrogens is 5. The van der Waals surface area contributed by atoms with Crippen LogP contribution in [0.25, 0.3) is 228 Å². The molecule has 0 saturated carbocycles. The van der Waals surface area contributed by atoms with E-state index in [4.69, 9.17) is 0 Å². The molecule has 122 heavy (non-hydrogen) atoms. The molecular weight excluding hydrogens is 1480 g/mol. The SMILES string of the molecule is Cc1cccc(-n2c3ccccc3c3c4ccccc4c4ccccc4c32)c1.Cc1cccc(-n2c3ccccc3c3cc4c(ccc5ccccc54)cc32)c1.Cn1c2ccccc2c2c3ccccc3c3ccccc3c21.Cn1c2ccccc2c2cc3c(ccc4ccccc43)cc21.Cn1c2ccccc2c2ccc3c4ccccc4ccc3c21. The van der Waals surface area contributed by atoms with Crippen LogP contribution < -0.4 is 0 Å². The largest absolute Gasteiger partial charge is 0.344 e. The number of fused-ring (bicyclic) bond motifs is 35. The standard InChI is InChI=1S/2C27H19N.3C21H15N/c1-18-9-8-10-19(17-18)28-25-16-7-6-15-24(25)26-22-13-4-2-11-20(22)21-12-3-5-14-23(21)27(26)28;1-18-7-6-9-21(15-18)28-26-12-5-4-11-23(26)25-17-24-20(16-27(25)28)14-13-19-8-2-3-10-22(19)24;1-22-19-13-7-6-12-18(19)20-16-10-4-2-8-14(16)15-9-3-5-11-17(15)21(20)22;1-22-20-9-5-4-8-17(20)19-13-18-15(12-21(19)22)11-10-14-6-2-3-7-16(14)18;1-22-20-9-5-4-8-17(20)19-13-12-16-15-7-3-2-6-14(15)10-11-18(16)21(19)22/h2*2-17H,1H3;3*2-13H,1H3. The van der Waals surface area contributed by atoms with E-state index in [2.05, 4.69) is 470 Å². The molecule has 27 rings (SSSR count). The quantitative estimate of drug-likeness (QED) is 0.154. The number of nitrogens with zero attached hydrogens (tertiary/aromatic N) is 5. The van der Waals surface area contributed by atoms with Crippen LogP contribution in [0.3, 0.4) is 0 Å². The zero-order valence-corrected chi connectivity index (χ0v) is 68.5. The number of benzene rings is 22. The Morgan fingerprint density at radius 2 is 0.443 bits per heavy atom. The average Bonchev–Trinajstić information content (AvgIpc) is 1.53. The second kappa shape index (κ2) is 28.9. The summed E-state index contributed by atoms with van der Waals surface area (Å²) in [7, 11) is 6.49. The lowest BCUT2D eigenvalue weighted by Crippen LogP contribution is -1.95. The maximum absolute atomic E-state index is 2.44. The fourth-order valence-electron chi connectivity index (χ4n) is 20.4. The predicted molar refractivity (Wildman–Crippen MR) is 527 cm³/mol. The topological polar surface area (TPSA) is 24.6 Å². The molecule has 0 saturated heterocycles. The Bertz CT molecular complexity index is 8980. The molecule has 5 heterocycles. The molecular formula is C117H83N5. The lowest BCUT2D eigenvalue weighted by molar-refractivity contribution is 1.02. The van der Waals surface area contributed by atoms with Crippen molar-refractivity contribution in [2.45, 2.75) is 13.8 Å². The van der Waals surface area contributed by atoms with Crippen LogP contribution in [-0.2, 0) is 21.1 Å². The summed E-state index contributed by atoms with van der Waals surface area (Å²) in [6, 6.07) is 149. The highest BCUT2D eigenvalue weighted by Gasteiger charge is 2.22. The lowest BCUT2D eigenvalue weighted by atomic mass is 9.97. The van der Waals surface area contributed by atoms with Crippen molar-refractivity contribution < 1.29 is 0 Å². The van der Waals surface area contributed by atoms with Gasteiger partial charge in [0.05, 0.1) is 33.1 Å². The first-order valence-electron chi connectivity index (χ1n) is 42.3. The lowest BCUT2D eigenvalue weighted by Gasteiger charge is -2.12. The number of hydrogen-bond acceptors (Lipinski definition) is 0. The Hall–Kier alpha value is -15.6. The van der Waals surface area contributed by atoms with Gasteiger partial charge in [-0.2, -0.15) is 0 Å². The second-order valence-electron chi connectivity index (χ2n) is 32.8. The van der Waals surface area contributed by atoms with Crippen molar-refractivity contribution in [1.82, 2.24) is 22.8 Å². The normalized spacial score (nSPS) is 11.8. The van der Waals surface area contributed by atoms with E-state index in [0.717, 1.165) is 0 Å². The first kappa shape index (κ1) is 71.7. The average molecular weight is 1560 g/mol. The fraction of sp³-hybridized carbons (Fsp3) is 0.0427. The Kier molecular flexibility index (Phi) is 17.0. The van der Waals surface area contributed by atoms with Crippen LogP contribution in [0.15, 0.2) is 413 Å². The summed E-state index contributed by atoms with van der Waals surface area (Å²) in [4.78, 5) is 0. The van der Waals surface area contributed by atoms with Gasteiger partial charge in [0.15, 0.2) is 0 Å². The van der Waals surface area contributed by atoms with E-state index >= 15 is 0 Å². The third kappa shape index (κ3) is 11.4. The Labute approximate surface area is 704 Å². The van der Waals surface area contributed by atoms with E-state index in [0.29, 0.717) is 0 Å². The Morgan fingerprint density at radius 3 is 0.967 bits per heavy atom. The number of para-hydroxylation sites is 5. The van der Waals surface area contributed by atoms with Gasteiger partial charge in [-0.1, -0.05) is 334 Å². The van der Waals surface area contributed by atoms with Gasteiger partial charge < -0.3 is 22.8 Å². The van der Waals surface area contributed by atoms with Crippen molar-refractivity contribution in [3.05, 3.63) is 424 Å². The van der Waals surface area contributed by atoms with Crippen LogP contribution >= 0.6 is 0 Å². The summed E-state index contributed by atoms with van der Waals surface area (Å²) in [5.41, 5.74) is 17.8. The molecule has 0 bridgehead atoms. The van der Waals surface area contributed by atoms with Gasteiger partial charge in [0.1, 0.15) is 0 Å². The molecule has 0 N–H and O–H groups in total. The van der Waals surface area contributed by atoms with Crippen LogP contribution in [0.1, 0.15) is 11.1 Å². The third-order valence-corrected chi connectivity index (χ3v) is 25.9. The molecule has 576 valence electrons. The molecule has 5 nitrogen and oxygen atoms in total. The summed E-state index contributed by atoms with van der Waals surface area (Å²) in [6.07, 6.45) is 0. The number of rotatable bonds is 2. The molecule has 0 aliphatic heterocycles. The van der Waals surface area contributed by atoms with Crippen molar-refractivity contribution in [3.63, 3.8) is 0 Å². The van der Waals surface area contributed by atoms with Crippen LogP contribution in [0.2, 0.25) is 0 Å². The molecule has 0 unspecified atom stereocenters. The highest BCUT2D eigenvalue weighted by Crippen LogP contribution is 2.46. The summed E-state index contributed by atoms with van der Waals surface area (Å²) >= 11 is 0. The maximum atomic E-state index is 2.44. The highest BCUT2D eigenvalue weighted by atomic mass is 15.0. The summed E-state index contributed by atoms with van der Waals surface area (Å²) < 4.78 is 11.8. The van der Waals surface area contributed by atoms with Crippen molar-refractivity contribution in [3.8, 4) is 11.4 Å². The van der Waals surface area contributed by atoms with Crippen molar-refractivity contribution >= 4 is 217 Å². The summed E-state index contributed by atoms with van der Waals surface area (Å²) in [5.74, 6) is 0. The highest BCUT2D eigenvalue weighted by molar-refractivity contribution is 6.34. The fourth-order valence-corrected chi connectivity index (χ4v) is 20.4. The minimum Gasteiger partial charge on any atom is -0.344 e. The first-order chi connectivity index (χ1) is 60.1. The van der Waals surface area contributed by atoms with Crippen LogP contribution in [-0.4, -0.2) is 22.8 Å². The van der Waals surface area contributed by atoms with Gasteiger partial charge in [-0.25, -0.2) is 0 Å². The molecule has 22 aromatic carbocycles. The van der Waals surface area contributed by atoms with E-state index in [9.17, 15) is 0 Å². The molecule has 0 fully saturated rings. The minimum atomic E-state index is 1.21. The Balaban J connectivity index is 0.0000000889. The van der Waals surface area contributed by atoms with Gasteiger partial charge >= 0.3 is 0 Å². The zero-order chi connectivity index (χ0) is 81.4. The molecule has 0 aliphatic carbocycles. The van der Waals surface area contributed by atoms with Gasteiger partial charge in [0, 0.05) is 125 Å². The maximum Gasteiger partial charge on any atom is 0.0625 e. The van der Waals surface area contributed by atoms with Gasteiger partial charge in [-0.3, -0.25) is 0 Å². The molecule has 0 spiro atoms. The van der Waals surface area contributed by atoms with Crippen LogP contribution in [0.5, 0.6) is 0 Å². The molecule has 0 aliphatic rings. The van der Waals surface area contributed by atoms with Gasteiger partial charge in [-0.05, 0) is 195 Å². The minimum absolute atomic E-state index is 1.21. The summed E-state index contributed by atoms with van der Waals surface area (Å²) in [6.45, 7) is 4.31. The zero-order valence-electron chi connectivity index (χ0n) is 68.5. The van der Waals surface area contributed by atoms with Crippen molar-refractivity contribution in [2.24, 2.45) is 21.1 Å². The summed E-state index contributed by atoms with van der Waals surface area (Å²) in [5, 5.41) is 39.6. The van der Waals surface area contributed by atoms with E-state index in [-0.39, 0.29) is 0 Å². The molecule has 0 atom stereocenters. The number of hydrogen-bond donors (Lipinski definition) is 0. The molecule has 0 amide bonds. The van der Waals surface area contributed by atoms with Crippen LogP contribution in [0, 0.1) is 13.8 Å². The van der Waals surface area contributed by atoms with Gasteiger partial charge in [-0.15, -0.1) is 0 Å². The van der Waals surface area contributed by atoms with E-state index < -0.39 is 0 Å². The number of aryl methyl sites for hydroxylation is 5. The molecule has 5 aromatic heterocycles. The van der Waals surface area contributed by atoms with Crippen molar-refractivity contribution in [2.75, 3.05) is 0 Å². The third-order valence-electron chi connectivity index (χ3n) is 25.9. The van der Waals surface area contributed by atoms with Gasteiger partial charge in [0.25, 0.3) is 0 Å². The van der Waals surface area contributed by atoms with E-state index in [1.165, 1.54) is 239 Å². The van der Waals surface area contributed by atoms with E-state index in [1.54, 1.807) is 0 Å². The Morgan fingerprint density at radius 1 is 0.148 bits per heavy atom. The molecule has 5 heteroatoms.